The fourth-order valence-corrected chi connectivity index (χ4v) is 2.94. The fraction of sp³-hybridized carbons (Fsp3) is 0.733. The lowest BCUT2D eigenvalue weighted by molar-refractivity contribution is 0.149. The van der Waals surface area contributed by atoms with Crippen LogP contribution in [0.2, 0.25) is 0 Å². The predicted molar refractivity (Wildman–Crippen MR) is 70.9 cm³/mol. The van der Waals surface area contributed by atoms with Crippen molar-refractivity contribution in [1.82, 2.24) is 5.32 Å². The highest BCUT2D eigenvalue weighted by atomic mass is 16.3. The summed E-state index contributed by atoms with van der Waals surface area (Å²) in [5, 5.41) is 3.80. The van der Waals surface area contributed by atoms with Crippen molar-refractivity contribution in [3.05, 3.63) is 24.2 Å². The van der Waals surface area contributed by atoms with Crippen molar-refractivity contribution < 1.29 is 4.42 Å². The highest BCUT2D eigenvalue weighted by molar-refractivity contribution is 5.05. The van der Waals surface area contributed by atoms with Gasteiger partial charge < -0.3 is 9.73 Å². The number of nitrogens with one attached hydrogen (secondary N) is 1. The minimum atomic E-state index is 0.368. The first-order chi connectivity index (χ1) is 8.13. The van der Waals surface area contributed by atoms with Gasteiger partial charge in [-0.3, -0.25) is 0 Å². The smallest absolute Gasteiger partial charge is 0.120 e. The van der Waals surface area contributed by atoms with Gasteiger partial charge in [-0.1, -0.05) is 33.6 Å². The molecular weight excluding hydrogens is 210 g/mol. The van der Waals surface area contributed by atoms with Crippen molar-refractivity contribution in [2.45, 2.75) is 65.0 Å². The van der Waals surface area contributed by atoms with E-state index in [2.05, 4.69) is 32.2 Å². The molecule has 1 aliphatic carbocycles. The summed E-state index contributed by atoms with van der Waals surface area (Å²) in [5.41, 5.74) is 0.415. The van der Waals surface area contributed by atoms with E-state index in [4.69, 9.17) is 4.42 Å². The molecule has 2 heteroatoms. The van der Waals surface area contributed by atoms with Crippen LogP contribution in [-0.2, 0) is 0 Å². The van der Waals surface area contributed by atoms with Gasteiger partial charge in [-0.05, 0) is 36.8 Å². The Morgan fingerprint density at radius 1 is 1.47 bits per heavy atom. The fourth-order valence-electron chi connectivity index (χ4n) is 2.94. The third-order valence-electron chi connectivity index (χ3n) is 4.20. The van der Waals surface area contributed by atoms with Gasteiger partial charge in [-0.25, -0.2) is 0 Å². The second-order valence-corrected chi connectivity index (χ2v) is 5.93. The summed E-state index contributed by atoms with van der Waals surface area (Å²) in [4.78, 5) is 0. The monoisotopic (exact) mass is 235 g/mol. The van der Waals surface area contributed by atoms with Gasteiger partial charge in [-0.2, -0.15) is 0 Å². The van der Waals surface area contributed by atoms with Gasteiger partial charge in [0.15, 0.2) is 0 Å². The molecule has 96 valence electrons. The normalized spacial score (nSPS) is 25.7. The largest absolute Gasteiger partial charge is 0.468 e. The molecule has 0 aromatic carbocycles. The van der Waals surface area contributed by atoms with Gasteiger partial charge >= 0.3 is 0 Å². The van der Waals surface area contributed by atoms with E-state index >= 15 is 0 Å². The van der Waals surface area contributed by atoms with E-state index < -0.39 is 0 Å². The number of rotatable bonds is 4. The van der Waals surface area contributed by atoms with Crippen LogP contribution in [0.1, 0.15) is 64.7 Å². The molecule has 2 unspecified atom stereocenters. The van der Waals surface area contributed by atoms with Crippen molar-refractivity contribution >= 4 is 0 Å². The van der Waals surface area contributed by atoms with Crippen LogP contribution in [0, 0.1) is 5.41 Å². The molecule has 2 atom stereocenters. The van der Waals surface area contributed by atoms with Crippen molar-refractivity contribution in [1.29, 1.82) is 0 Å². The number of furan rings is 1. The van der Waals surface area contributed by atoms with Crippen molar-refractivity contribution in [2.75, 3.05) is 0 Å². The molecule has 2 nitrogen and oxygen atoms in total. The first-order valence-corrected chi connectivity index (χ1v) is 6.93. The molecule has 1 saturated carbocycles. The average Bonchev–Trinajstić information content (AvgIpc) is 2.80. The lowest BCUT2D eigenvalue weighted by atomic mass is 9.73. The van der Waals surface area contributed by atoms with Crippen molar-refractivity contribution in [3.63, 3.8) is 0 Å². The van der Waals surface area contributed by atoms with Crippen LogP contribution in [0.5, 0.6) is 0 Å². The molecule has 1 aromatic rings. The Bertz CT molecular complexity index is 329. The number of hydrogen-bond donors (Lipinski definition) is 1. The second kappa shape index (κ2) is 5.26. The molecule has 2 rings (SSSR count). The maximum atomic E-state index is 5.53. The van der Waals surface area contributed by atoms with Gasteiger partial charge in [-0.15, -0.1) is 0 Å². The Balaban J connectivity index is 2.03. The topological polar surface area (TPSA) is 25.2 Å². The van der Waals surface area contributed by atoms with Crippen LogP contribution < -0.4 is 5.32 Å². The molecule has 1 heterocycles. The minimum Gasteiger partial charge on any atom is -0.468 e. The molecular formula is C15H25NO. The molecule has 0 amide bonds. The van der Waals surface area contributed by atoms with Crippen molar-refractivity contribution in [2.24, 2.45) is 5.41 Å². The maximum absolute atomic E-state index is 5.53. The summed E-state index contributed by atoms with van der Waals surface area (Å²) in [6, 6.07) is 5.04. The average molecular weight is 235 g/mol. The molecule has 17 heavy (non-hydrogen) atoms. The quantitative estimate of drug-likeness (QED) is 0.842. The Morgan fingerprint density at radius 3 is 2.88 bits per heavy atom. The molecule has 1 aliphatic rings. The Labute approximate surface area is 105 Å². The standard InChI is InChI=1S/C15H25NO/c1-4-12(13-8-7-11-17-13)16-14-9-5-6-10-15(14,2)3/h7-8,11-12,14,16H,4-6,9-10H2,1-3H3. The van der Waals surface area contributed by atoms with Crippen LogP contribution in [0.25, 0.3) is 0 Å². The predicted octanol–water partition coefficient (Wildman–Crippen LogP) is 4.29. The minimum absolute atomic E-state index is 0.368. The molecule has 1 fully saturated rings. The zero-order valence-electron chi connectivity index (χ0n) is 11.3. The summed E-state index contributed by atoms with van der Waals surface area (Å²) in [7, 11) is 0. The zero-order chi connectivity index (χ0) is 12.3. The summed E-state index contributed by atoms with van der Waals surface area (Å²) >= 11 is 0. The van der Waals surface area contributed by atoms with Gasteiger partial charge in [0.25, 0.3) is 0 Å². The first-order valence-electron chi connectivity index (χ1n) is 6.93. The molecule has 0 bridgehead atoms. The molecule has 0 spiro atoms. The van der Waals surface area contributed by atoms with Crippen LogP contribution >= 0.6 is 0 Å². The molecule has 1 N–H and O–H groups in total. The molecule has 1 aromatic heterocycles. The van der Waals surface area contributed by atoms with Crippen LogP contribution in [0.3, 0.4) is 0 Å². The van der Waals surface area contributed by atoms with Gasteiger partial charge in [0.1, 0.15) is 5.76 Å². The first kappa shape index (κ1) is 12.7. The molecule has 0 aliphatic heterocycles. The summed E-state index contributed by atoms with van der Waals surface area (Å²) in [5.74, 6) is 1.08. The van der Waals surface area contributed by atoms with Crippen LogP contribution in [0.15, 0.2) is 22.8 Å². The SMILES string of the molecule is CCC(NC1CCCCC1(C)C)c1ccco1. The lowest BCUT2D eigenvalue weighted by Crippen LogP contribution is -2.45. The molecule has 0 radical (unpaired) electrons. The van der Waals surface area contributed by atoms with E-state index in [0.717, 1.165) is 12.2 Å². The van der Waals surface area contributed by atoms with Gasteiger partial charge in [0, 0.05) is 6.04 Å². The number of hydrogen-bond acceptors (Lipinski definition) is 2. The summed E-state index contributed by atoms with van der Waals surface area (Å²) < 4.78 is 5.53. The van der Waals surface area contributed by atoms with E-state index in [9.17, 15) is 0 Å². The zero-order valence-corrected chi connectivity index (χ0v) is 11.3. The van der Waals surface area contributed by atoms with E-state index in [0.29, 0.717) is 17.5 Å². The van der Waals surface area contributed by atoms with Gasteiger partial charge in [0.05, 0.1) is 12.3 Å². The Morgan fingerprint density at radius 2 is 2.29 bits per heavy atom. The lowest BCUT2D eigenvalue weighted by Gasteiger charge is -2.41. The van der Waals surface area contributed by atoms with E-state index in [1.165, 1.54) is 25.7 Å². The van der Waals surface area contributed by atoms with Gasteiger partial charge in [0.2, 0.25) is 0 Å². The maximum Gasteiger partial charge on any atom is 0.120 e. The van der Waals surface area contributed by atoms with Crippen LogP contribution in [-0.4, -0.2) is 6.04 Å². The Kier molecular flexibility index (Phi) is 3.93. The van der Waals surface area contributed by atoms with E-state index in [-0.39, 0.29) is 0 Å². The third-order valence-corrected chi connectivity index (χ3v) is 4.20. The van der Waals surface area contributed by atoms with Crippen LogP contribution in [0.4, 0.5) is 0 Å². The summed E-state index contributed by atoms with van der Waals surface area (Å²) in [6.07, 6.45) is 8.22. The van der Waals surface area contributed by atoms with E-state index in [1.54, 1.807) is 6.26 Å². The third kappa shape index (κ3) is 2.92. The van der Waals surface area contributed by atoms with Crippen molar-refractivity contribution in [3.8, 4) is 0 Å². The highest BCUT2D eigenvalue weighted by Gasteiger charge is 2.33. The summed E-state index contributed by atoms with van der Waals surface area (Å²) in [6.45, 7) is 6.99. The second-order valence-electron chi connectivity index (χ2n) is 5.93. The highest BCUT2D eigenvalue weighted by Crippen LogP contribution is 2.37. The Hall–Kier alpha value is -0.760. The van der Waals surface area contributed by atoms with E-state index in [1.807, 2.05) is 6.07 Å². The molecule has 0 saturated heterocycles.